The van der Waals surface area contributed by atoms with Crippen LogP contribution in [-0.4, -0.2) is 89.0 Å². The van der Waals surface area contributed by atoms with Crippen LogP contribution in [0.3, 0.4) is 0 Å². The molecule has 0 bridgehead atoms. The lowest BCUT2D eigenvalue weighted by atomic mass is 9.84. The van der Waals surface area contributed by atoms with Crippen molar-refractivity contribution in [2.75, 3.05) is 30.7 Å². The third-order valence-corrected chi connectivity index (χ3v) is 7.85. The average Bonchev–Trinajstić information content (AvgIpc) is 3.44. The van der Waals surface area contributed by atoms with E-state index in [2.05, 4.69) is 25.1 Å². The molecule has 1 fully saturated rings. The lowest BCUT2D eigenvalue weighted by Crippen LogP contribution is -2.76. The minimum Gasteiger partial charge on any atom is -0.489 e. The van der Waals surface area contributed by atoms with Gasteiger partial charge in [0.05, 0.1) is 25.3 Å². The van der Waals surface area contributed by atoms with Crippen LogP contribution in [0.15, 0.2) is 53.1 Å². The predicted octanol–water partition coefficient (Wildman–Crippen LogP) is -0.320. The summed E-state index contributed by atoms with van der Waals surface area (Å²) in [5.74, 6) is -2.26. The number of ether oxygens (including phenoxy) is 1. The number of hydrogen-bond donors (Lipinski definition) is 6. The van der Waals surface area contributed by atoms with E-state index in [1.807, 2.05) is 29.9 Å². The van der Waals surface area contributed by atoms with E-state index < -0.39 is 58.2 Å². The van der Waals surface area contributed by atoms with Crippen molar-refractivity contribution in [3.8, 4) is 16.9 Å². The summed E-state index contributed by atoms with van der Waals surface area (Å²) < 4.78 is 43.0. The van der Waals surface area contributed by atoms with E-state index in [4.69, 9.17) is 25.6 Å². The first-order valence-electron chi connectivity index (χ1n) is 13.8. The molecule has 1 aliphatic heterocycles. The van der Waals surface area contributed by atoms with E-state index in [1.54, 1.807) is 24.3 Å². The number of aliphatic carboxylic acids is 1. The van der Waals surface area contributed by atoms with Gasteiger partial charge in [-0.3, -0.25) is 19.5 Å². The number of pyridine rings is 1. The quantitative estimate of drug-likeness (QED) is 0.0392. The van der Waals surface area contributed by atoms with Gasteiger partial charge in [0.2, 0.25) is 0 Å². The first-order valence-corrected chi connectivity index (χ1v) is 16.0. The van der Waals surface area contributed by atoms with Crippen molar-refractivity contribution in [2.45, 2.75) is 31.5 Å². The number of β-lactam (4-membered cyclic amide) rings is 1. The molecule has 1 aliphatic rings. The van der Waals surface area contributed by atoms with Gasteiger partial charge in [0.15, 0.2) is 10.8 Å². The number of oxime groups is 1. The molecule has 3 heterocycles. The van der Waals surface area contributed by atoms with Crippen LogP contribution < -0.4 is 31.4 Å². The molecular formula is C27H33N8O10S2+. The van der Waals surface area contributed by atoms with E-state index in [9.17, 15) is 27.9 Å². The van der Waals surface area contributed by atoms with Gasteiger partial charge in [0, 0.05) is 18.0 Å². The van der Waals surface area contributed by atoms with E-state index in [0.717, 1.165) is 28.3 Å². The molecule has 4 rings (SSSR count). The summed E-state index contributed by atoms with van der Waals surface area (Å²) in [6.45, 7) is 3.31. The van der Waals surface area contributed by atoms with Gasteiger partial charge in [-0.1, -0.05) is 17.3 Å². The van der Waals surface area contributed by atoms with Gasteiger partial charge >= 0.3 is 16.4 Å². The number of nitrogen functional groups attached to an aromatic ring is 1. The number of carboxylic acid groups (broad SMARTS) is 1. The molecular weight excluding hydrogens is 660 g/mol. The van der Waals surface area contributed by atoms with Crippen molar-refractivity contribution in [1.82, 2.24) is 15.4 Å². The average molecular weight is 694 g/mol. The first-order chi connectivity index (χ1) is 22.1. The first kappa shape index (κ1) is 35.0. The van der Waals surface area contributed by atoms with Gasteiger partial charge in [-0.15, -0.1) is 15.6 Å². The molecule has 1 aromatic carbocycles. The van der Waals surface area contributed by atoms with Crippen LogP contribution in [-0.2, 0) is 41.0 Å². The number of carbonyl (C=O) groups is 3. The zero-order valence-corrected chi connectivity index (χ0v) is 26.9. The standard InChI is InChI=1S/C27H32N8O10S2/c1-27(2)22(24(37)35(27)45-47(40,41)42)32-23(36)21(18-14-46-26(29)31-18)33-44-19(25(38)39)13-43-17-6-4-15(5-7-17)16-8-11-34(3)20(12-16)30-10-9-28/h4-8,11-12,14,19,22H,9-10,13,28H2,1-3H3,(H5,29,31,32,36,38,39,40,41,42)/p+1/b33-21-/t19-,22+/m0/s1. The van der Waals surface area contributed by atoms with Gasteiger partial charge in [0.25, 0.3) is 23.7 Å². The second-order valence-electron chi connectivity index (χ2n) is 10.6. The second kappa shape index (κ2) is 14.3. The normalized spacial score (nSPS) is 16.6. The molecule has 0 aliphatic carbocycles. The fraction of sp³-hybridized carbons (Fsp3) is 0.333. The maximum absolute atomic E-state index is 13.2. The van der Waals surface area contributed by atoms with Crippen LogP contribution >= 0.6 is 11.3 Å². The zero-order chi connectivity index (χ0) is 34.5. The van der Waals surface area contributed by atoms with Crippen molar-refractivity contribution in [2.24, 2.45) is 17.9 Å². The van der Waals surface area contributed by atoms with Crippen molar-refractivity contribution in [3.05, 3.63) is 53.7 Å². The Morgan fingerprint density at radius 2 is 1.94 bits per heavy atom. The van der Waals surface area contributed by atoms with Gasteiger partial charge in [-0.05, 0) is 43.2 Å². The number of hydrogen-bond acceptors (Lipinski definition) is 14. The Morgan fingerprint density at radius 3 is 2.51 bits per heavy atom. The number of aromatic nitrogens is 2. The van der Waals surface area contributed by atoms with Crippen molar-refractivity contribution >= 4 is 56.2 Å². The molecule has 2 amide bonds. The lowest BCUT2D eigenvalue weighted by Gasteiger charge is -2.50. The predicted molar refractivity (Wildman–Crippen MR) is 167 cm³/mol. The fourth-order valence-electron chi connectivity index (χ4n) is 4.32. The SMILES string of the molecule is C[n+]1ccc(-c2ccc(OC[C@H](O/N=C(\C(=O)N[C@@H]3C(=O)N(OS(=O)(=O)O)C3(C)C)c3csc(N)n3)C(=O)O)cc2)cc1NCCN. The number of amides is 2. The molecule has 252 valence electrons. The maximum Gasteiger partial charge on any atom is 0.418 e. The summed E-state index contributed by atoms with van der Waals surface area (Å²) in [6, 6.07) is 9.48. The van der Waals surface area contributed by atoms with Gasteiger partial charge < -0.3 is 31.5 Å². The highest BCUT2D eigenvalue weighted by Gasteiger charge is 2.58. The highest BCUT2D eigenvalue weighted by Crippen LogP contribution is 2.33. The Hall–Kier alpha value is -4.89. The third-order valence-electron chi connectivity index (χ3n) is 6.84. The van der Waals surface area contributed by atoms with Crippen LogP contribution in [0.25, 0.3) is 11.1 Å². The van der Waals surface area contributed by atoms with Crippen molar-refractivity contribution < 1.29 is 50.9 Å². The van der Waals surface area contributed by atoms with Crippen LogP contribution in [0.2, 0.25) is 0 Å². The van der Waals surface area contributed by atoms with Crippen molar-refractivity contribution in [1.29, 1.82) is 0 Å². The molecule has 2 aromatic heterocycles. The number of carbonyl (C=O) groups excluding carboxylic acids is 2. The Balaban J connectivity index is 1.45. The number of nitrogens with zero attached hydrogens (tertiary/aromatic N) is 4. The number of anilines is 2. The topological polar surface area (TPSA) is 262 Å². The Morgan fingerprint density at radius 1 is 1.23 bits per heavy atom. The van der Waals surface area contributed by atoms with Gasteiger partial charge in [0.1, 0.15) is 24.1 Å². The number of benzene rings is 1. The second-order valence-corrected chi connectivity index (χ2v) is 12.5. The molecule has 0 radical (unpaired) electrons. The van der Waals surface area contributed by atoms with Crippen LogP contribution in [0.5, 0.6) is 5.75 Å². The summed E-state index contributed by atoms with van der Waals surface area (Å²) in [6.07, 6.45) is 0.222. The zero-order valence-electron chi connectivity index (χ0n) is 25.3. The summed E-state index contributed by atoms with van der Waals surface area (Å²) in [7, 11) is -3.11. The minimum atomic E-state index is -5.02. The summed E-state index contributed by atoms with van der Waals surface area (Å²) >= 11 is 0.958. The monoisotopic (exact) mass is 693 g/mol. The molecule has 0 saturated carbocycles. The van der Waals surface area contributed by atoms with E-state index in [-0.39, 0.29) is 10.8 Å². The summed E-state index contributed by atoms with van der Waals surface area (Å²) in [4.78, 5) is 46.9. The number of nitrogens with two attached hydrogens (primary N) is 2. The molecule has 0 unspecified atom stereocenters. The molecule has 20 heteroatoms. The Bertz CT molecular complexity index is 1780. The fourth-order valence-corrected chi connectivity index (χ4v) is 5.33. The van der Waals surface area contributed by atoms with E-state index in [1.165, 1.54) is 19.2 Å². The van der Waals surface area contributed by atoms with Crippen LogP contribution in [0, 0.1) is 0 Å². The molecule has 0 spiro atoms. The summed E-state index contributed by atoms with van der Waals surface area (Å²) in [5, 5.41) is 20.9. The maximum atomic E-state index is 13.2. The van der Waals surface area contributed by atoms with Crippen molar-refractivity contribution in [3.63, 3.8) is 0 Å². The molecule has 47 heavy (non-hydrogen) atoms. The molecule has 8 N–H and O–H groups in total. The number of thiazole rings is 1. The summed E-state index contributed by atoms with van der Waals surface area (Å²) in [5.41, 5.74) is 11.1. The molecule has 18 nitrogen and oxygen atoms in total. The van der Waals surface area contributed by atoms with Gasteiger partial charge in [-0.25, -0.2) is 14.3 Å². The molecule has 1 saturated heterocycles. The highest BCUT2D eigenvalue weighted by atomic mass is 32.3. The van der Waals surface area contributed by atoms with Crippen LogP contribution in [0.1, 0.15) is 19.5 Å². The molecule has 3 aromatic rings. The van der Waals surface area contributed by atoms with E-state index in [0.29, 0.717) is 23.9 Å². The number of hydroxylamine groups is 2. The highest BCUT2D eigenvalue weighted by molar-refractivity contribution is 7.80. The molecule has 2 atom stereocenters. The Kier molecular flexibility index (Phi) is 10.6. The largest absolute Gasteiger partial charge is 0.489 e. The number of aryl methyl sites for hydroxylation is 1. The number of rotatable bonds is 15. The lowest BCUT2D eigenvalue weighted by molar-refractivity contribution is -0.657. The minimum absolute atomic E-state index is 0.0577. The Labute approximate surface area is 272 Å². The number of carboxylic acids is 1. The third kappa shape index (κ3) is 8.48. The van der Waals surface area contributed by atoms with Crippen LogP contribution in [0.4, 0.5) is 10.9 Å². The smallest absolute Gasteiger partial charge is 0.418 e. The van der Waals surface area contributed by atoms with Gasteiger partial charge in [-0.2, -0.15) is 13.5 Å². The number of nitrogens with one attached hydrogen (secondary N) is 2. The van der Waals surface area contributed by atoms with E-state index >= 15 is 0 Å².